The SMILES string of the molecule is Cc1cccc(NC(=O)c2ccnc(NCc3ccco3)n2)c1. The third-order valence-corrected chi connectivity index (χ3v) is 3.16. The van der Waals surface area contributed by atoms with Crippen LogP contribution in [-0.2, 0) is 6.54 Å². The lowest BCUT2D eigenvalue weighted by Gasteiger charge is -2.07. The molecule has 0 unspecified atom stereocenters. The van der Waals surface area contributed by atoms with Crippen LogP contribution in [0.3, 0.4) is 0 Å². The molecule has 0 aliphatic heterocycles. The fourth-order valence-corrected chi connectivity index (χ4v) is 2.07. The quantitative estimate of drug-likeness (QED) is 0.756. The zero-order chi connectivity index (χ0) is 16.1. The number of amides is 1. The van der Waals surface area contributed by atoms with E-state index in [0.29, 0.717) is 18.2 Å². The molecule has 0 radical (unpaired) electrons. The second kappa shape index (κ2) is 6.74. The summed E-state index contributed by atoms with van der Waals surface area (Å²) in [6, 6.07) is 12.8. The lowest BCUT2D eigenvalue weighted by Crippen LogP contribution is -2.15. The monoisotopic (exact) mass is 308 g/mol. The van der Waals surface area contributed by atoms with Crippen LogP contribution >= 0.6 is 0 Å². The molecule has 3 aromatic rings. The van der Waals surface area contributed by atoms with Crippen LogP contribution in [0.2, 0.25) is 0 Å². The number of hydrogen-bond acceptors (Lipinski definition) is 5. The summed E-state index contributed by atoms with van der Waals surface area (Å²) in [6.45, 7) is 2.42. The van der Waals surface area contributed by atoms with Gasteiger partial charge in [0.15, 0.2) is 0 Å². The highest BCUT2D eigenvalue weighted by molar-refractivity contribution is 6.02. The van der Waals surface area contributed by atoms with Gasteiger partial charge in [0, 0.05) is 11.9 Å². The van der Waals surface area contributed by atoms with Crippen molar-refractivity contribution in [3.63, 3.8) is 0 Å². The van der Waals surface area contributed by atoms with Crippen molar-refractivity contribution >= 4 is 17.5 Å². The maximum atomic E-state index is 12.3. The number of hydrogen-bond donors (Lipinski definition) is 2. The highest BCUT2D eigenvalue weighted by Crippen LogP contribution is 2.11. The Morgan fingerprint density at radius 2 is 2.13 bits per heavy atom. The molecule has 1 amide bonds. The zero-order valence-corrected chi connectivity index (χ0v) is 12.6. The van der Waals surface area contributed by atoms with Gasteiger partial charge >= 0.3 is 0 Å². The van der Waals surface area contributed by atoms with Crippen molar-refractivity contribution in [3.8, 4) is 0 Å². The highest BCUT2D eigenvalue weighted by Gasteiger charge is 2.09. The standard InChI is InChI=1S/C17H16N4O2/c1-12-4-2-5-13(10-12)20-16(22)15-7-8-18-17(21-15)19-11-14-6-3-9-23-14/h2-10H,11H2,1H3,(H,20,22)(H,18,19,21). The number of carbonyl (C=O) groups excluding carboxylic acids is 1. The number of nitrogens with one attached hydrogen (secondary N) is 2. The molecule has 2 N–H and O–H groups in total. The first kappa shape index (κ1) is 14.8. The minimum atomic E-state index is -0.279. The van der Waals surface area contributed by atoms with Crippen molar-refractivity contribution in [2.24, 2.45) is 0 Å². The first-order valence-electron chi connectivity index (χ1n) is 7.18. The molecule has 0 fully saturated rings. The second-order valence-corrected chi connectivity index (χ2v) is 5.02. The normalized spacial score (nSPS) is 10.3. The Morgan fingerprint density at radius 1 is 1.22 bits per heavy atom. The minimum absolute atomic E-state index is 0.279. The van der Waals surface area contributed by atoms with Crippen LogP contribution in [0.25, 0.3) is 0 Å². The topological polar surface area (TPSA) is 80.0 Å². The van der Waals surface area contributed by atoms with Crippen LogP contribution in [0, 0.1) is 6.92 Å². The van der Waals surface area contributed by atoms with Gasteiger partial charge in [0.2, 0.25) is 5.95 Å². The van der Waals surface area contributed by atoms with E-state index in [-0.39, 0.29) is 5.91 Å². The first-order valence-corrected chi connectivity index (χ1v) is 7.18. The summed E-state index contributed by atoms with van der Waals surface area (Å²) in [4.78, 5) is 20.6. The van der Waals surface area contributed by atoms with Gasteiger partial charge in [-0.05, 0) is 42.8 Å². The van der Waals surface area contributed by atoms with Crippen molar-refractivity contribution in [1.29, 1.82) is 0 Å². The molecule has 6 nitrogen and oxygen atoms in total. The molecule has 0 spiro atoms. The van der Waals surface area contributed by atoms with Crippen molar-refractivity contribution in [1.82, 2.24) is 9.97 Å². The third kappa shape index (κ3) is 3.94. The molecule has 2 aromatic heterocycles. The molecule has 6 heteroatoms. The van der Waals surface area contributed by atoms with Gasteiger partial charge < -0.3 is 15.1 Å². The maximum Gasteiger partial charge on any atom is 0.274 e. The van der Waals surface area contributed by atoms with E-state index in [0.717, 1.165) is 17.0 Å². The van der Waals surface area contributed by atoms with E-state index in [9.17, 15) is 4.79 Å². The molecule has 0 aliphatic carbocycles. The smallest absolute Gasteiger partial charge is 0.274 e. The van der Waals surface area contributed by atoms with Gasteiger partial charge in [0.05, 0.1) is 12.8 Å². The summed E-state index contributed by atoms with van der Waals surface area (Å²) in [5, 5.41) is 5.84. The van der Waals surface area contributed by atoms with Gasteiger partial charge in [-0.1, -0.05) is 12.1 Å². The number of aromatic nitrogens is 2. The Hall–Kier alpha value is -3.15. The Bertz CT molecular complexity index is 800. The van der Waals surface area contributed by atoms with Gasteiger partial charge in [-0.25, -0.2) is 9.97 Å². The summed E-state index contributed by atoms with van der Waals surface area (Å²) in [5.74, 6) is 0.862. The fraction of sp³-hybridized carbons (Fsp3) is 0.118. The summed E-state index contributed by atoms with van der Waals surface area (Å²) in [5.41, 5.74) is 2.11. The number of aryl methyl sites for hydroxylation is 1. The molecular formula is C17H16N4O2. The zero-order valence-electron chi connectivity index (χ0n) is 12.6. The lowest BCUT2D eigenvalue weighted by atomic mass is 10.2. The predicted octanol–water partition coefficient (Wildman–Crippen LogP) is 3.24. The number of furan rings is 1. The van der Waals surface area contributed by atoms with E-state index in [2.05, 4.69) is 20.6 Å². The summed E-state index contributed by atoms with van der Waals surface area (Å²) in [6.07, 6.45) is 3.15. The molecule has 2 heterocycles. The van der Waals surface area contributed by atoms with Crippen LogP contribution in [0.1, 0.15) is 21.8 Å². The van der Waals surface area contributed by atoms with E-state index in [1.165, 1.54) is 0 Å². The molecule has 116 valence electrons. The molecule has 0 atom stereocenters. The highest BCUT2D eigenvalue weighted by atomic mass is 16.3. The molecule has 3 rings (SSSR count). The van der Waals surface area contributed by atoms with Crippen LogP contribution in [0.5, 0.6) is 0 Å². The molecule has 0 bridgehead atoms. The van der Waals surface area contributed by atoms with Crippen LogP contribution in [-0.4, -0.2) is 15.9 Å². The van der Waals surface area contributed by atoms with Gasteiger partial charge in [-0.2, -0.15) is 0 Å². The number of anilines is 2. The van der Waals surface area contributed by atoms with Crippen LogP contribution in [0.15, 0.2) is 59.3 Å². The molecule has 23 heavy (non-hydrogen) atoms. The summed E-state index contributed by atoms with van der Waals surface area (Å²) < 4.78 is 5.23. The Morgan fingerprint density at radius 3 is 2.91 bits per heavy atom. The Balaban J connectivity index is 1.67. The molecule has 0 aliphatic rings. The molecule has 0 saturated heterocycles. The van der Waals surface area contributed by atoms with Gasteiger partial charge in [-0.3, -0.25) is 4.79 Å². The van der Waals surface area contributed by atoms with E-state index < -0.39 is 0 Å². The van der Waals surface area contributed by atoms with E-state index in [1.807, 2.05) is 43.3 Å². The van der Waals surface area contributed by atoms with Crippen molar-refractivity contribution in [3.05, 3.63) is 71.9 Å². The van der Waals surface area contributed by atoms with Crippen LogP contribution < -0.4 is 10.6 Å². The van der Waals surface area contributed by atoms with Gasteiger partial charge in [0.1, 0.15) is 11.5 Å². The Kier molecular flexibility index (Phi) is 4.33. The minimum Gasteiger partial charge on any atom is -0.467 e. The van der Waals surface area contributed by atoms with Crippen molar-refractivity contribution < 1.29 is 9.21 Å². The lowest BCUT2D eigenvalue weighted by molar-refractivity contribution is 0.102. The van der Waals surface area contributed by atoms with Crippen LogP contribution in [0.4, 0.5) is 11.6 Å². The largest absolute Gasteiger partial charge is 0.467 e. The number of nitrogens with zero attached hydrogens (tertiary/aromatic N) is 2. The predicted molar refractivity (Wildman–Crippen MR) is 87.2 cm³/mol. The molecule has 0 saturated carbocycles. The van der Waals surface area contributed by atoms with E-state index in [1.54, 1.807) is 18.5 Å². The molecular weight excluding hydrogens is 292 g/mol. The average Bonchev–Trinajstić information content (AvgIpc) is 3.07. The summed E-state index contributed by atoms with van der Waals surface area (Å²) >= 11 is 0. The summed E-state index contributed by atoms with van der Waals surface area (Å²) in [7, 11) is 0. The van der Waals surface area contributed by atoms with Gasteiger partial charge in [0.25, 0.3) is 5.91 Å². The Labute approximate surface area is 133 Å². The number of carbonyl (C=O) groups is 1. The van der Waals surface area contributed by atoms with Crippen molar-refractivity contribution in [2.45, 2.75) is 13.5 Å². The molecule has 1 aromatic carbocycles. The van der Waals surface area contributed by atoms with E-state index >= 15 is 0 Å². The average molecular weight is 308 g/mol. The third-order valence-electron chi connectivity index (χ3n) is 3.16. The van der Waals surface area contributed by atoms with E-state index in [4.69, 9.17) is 4.42 Å². The first-order chi connectivity index (χ1) is 11.2. The van der Waals surface area contributed by atoms with Crippen molar-refractivity contribution in [2.75, 3.05) is 10.6 Å². The second-order valence-electron chi connectivity index (χ2n) is 5.02. The van der Waals surface area contributed by atoms with Gasteiger partial charge in [-0.15, -0.1) is 0 Å². The number of benzene rings is 1. The number of rotatable bonds is 5. The fourth-order valence-electron chi connectivity index (χ4n) is 2.07. The maximum absolute atomic E-state index is 12.3.